The molecular weight excluding hydrogens is 332 g/mol. The van der Waals surface area contributed by atoms with Crippen molar-refractivity contribution >= 4 is 28.1 Å². The van der Waals surface area contributed by atoms with E-state index >= 15 is 0 Å². The fourth-order valence-corrected chi connectivity index (χ4v) is 2.99. The zero-order chi connectivity index (χ0) is 17.8. The van der Waals surface area contributed by atoms with E-state index in [4.69, 9.17) is 5.26 Å². The average Bonchev–Trinajstić information content (AvgIpc) is 3.10. The van der Waals surface area contributed by atoms with Crippen molar-refractivity contribution in [3.8, 4) is 17.3 Å². The first-order valence-corrected chi connectivity index (χ1v) is 8.49. The predicted octanol–water partition coefficient (Wildman–Crippen LogP) is 4.00. The van der Waals surface area contributed by atoms with E-state index in [0.29, 0.717) is 16.3 Å². The molecule has 1 heterocycles. The molecule has 0 saturated heterocycles. The highest BCUT2D eigenvalue weighted by atomic mass is 32.1. The number of hydrogen-bond acceptors (Lipinski definition) is 5. The van der Waals surface area contributed by atoms with E-state index in [9.17, 15) is 4.79 Å². The topological polar surface area (TPSA) is 69.0 Å². The summed E-state index contributed by atoms with van der Waals surface area (Å²) in [6.45, 7) is 0. The molecule has 1 N–H and O–H groups in total. The Labute approximate surface area is 150 Å². The molecule has 1 amide bonds. The largest absolute Gasteiger partial charge is 0.378 e. The van der Waals surface area contributed by atoms with Crippen LogP contribution in [0.25, 0.3) is 11.3 Å². The molecule has 0 aliphatic rings. The smallest absolute Gasteiger partial charge is 0.257 e. The van der Waals surface area contributed by atoms with E-state index in [1.165, 1.54) is 11.3 Å². The number of hydrogen-bond donors (Lipinski definition) is 1. The Kier molecular flexibility index (Phi) is 4.78. The predicted molar refractivity (Wildman–Crippen MR) is 101 cm³/mol. The summed E-state index contributed by atoms with van der Waals surface area (Å²) in [6, 6.07) is 16.7. The number of amides is 1. The molecule has 3 rings (SSSR count). The van der Waals surface area contributed by atoms with Crippen LogP contribution in [-0.4, -0.2) is 25.0 Å². The molecule has 2 aromatic carbocycles. The van der Waals surface area contributed by atoms with Crippen molar-refractivity contribution in [3.05, 3.63) is 65.0 Å². The van der Waals surface area contributed by atoms with Crippen LogP contribution in [0.1, 0.15) is 15.9 Å². The number of aromatic nitrogens is 1. The minimum Gasteiger partial charge on any atom is -0.378 e. The number of nitriles is 1. The second-order valence-electron chi connectivity index (χ2n) is 5.63. The molecule has 5 nitrogen and oxygen atoms in total. The fraction of sp³-hybridized carbons (Fsp3) is 0.105. The lowest BCUT2D eigenvalue weighted by atomic mass is 10.1. The maximum Gasteiger partial charge on any atom is 0.257 e. The lowest BCUT2D eigenvalue weighted by molar-refractivity contribution is 0.102. The van der Waals surface area contributed by atoms with Crippen LogP contribution in [0.4, 0.5) is 10.8 Å². The van der Waals surface area contributed by atoms with E-state index in [1.54, 1.807) is 18.2 Å². The lowest BCUT2D eigenvalue weighted by Gasteiger charge is -2.13. The number of carbonyl (C=O) groups excluding carboxylic acids is 1. The molecule has 0 fully saturated rings. The average molecular weight is 348 g/mol. The number of thiazole rings is 1. The summed E-state index contributed by atoms with van der Waals surface area (Å²) in [5.41, 5.74) is 3.83. The Morgan fingerprint density at radius 2 is 1.96 bits per heavy atom. The molecule has 25 heavy (non-hydrogen) atoms. The van der Waals surface area contributed by atoms with Crippen molar-refractivity contribution in [2.24, 2.45) is 0 Å². The second-order valence-corrected chi connectivity index (χ2v) is 6.48. The van der Waals surface area contributed by atoms with Gasteiger partial charge in [0.05, 0.1) is 17.3 Å². The minimum atomic E-state index is -0.190. The van der Waals surface area contributed by atoms with Crippen LogP contribution in [0.3, 0.4) is 0 Å². The maximum atomic E-state index is 12.4. The van der Waals surface area contributed by atoms with E-state index in [1.807, 2.05) is 54.7 Å². The molecule has 0 atom stereocenters. The molecule has 0 radical (unpaired) electrons. The number of benzene rings is 2. The van der Waals surface area contributed by atoms with Crippen LogP contribution in [0.15, 0.2) is 53.9 Å². The molecule has 3 aromatic rings. The molecule has 6 heteroatoms. The second kappa shape index (κ2) is 7.16. The summed E-state index contributed by atoms with van der Waals surface area (Å²) >= 11 is 1.37. The van der Waals surface area contributed by atoms with Crippen LogP contribution in [0, 0.1) is 11.3 Å². The monoisotopic (exact) mass is 348 g/mol. The van der Waals surface area contributed by atoms with Gasteiger partial charge in [-0.3, -0.25) is 10.1 Å². The first-order chi connectivity index (χ1) is 12.1. The van der Waals surface area contributed by atoms with Gasteiger partial charge < -0.3 is 4.90 Å². The molecule has 0 unspecified atom stereocenters. The maximum absolute atomic E-state index is 12.4. The van der Waals surface area contributed by atoms with Crippen molar-refractivity contribution in [1.82, 2.24) is 4.98 Å². The van der Waals surface area contributed by atoms with Crippen LogP contribution >= 0.6 is 11.3 Å². The van der Waals surface area contributed by atoms with Gasteiger partial charge in [-0.25, -0.2) is 4.98 Å². The highest BCUT2D eigenvalue weighted by Gasteiger charge is 2.11. The highest BCUT2D eigenvalue weighted by Crippen LogP contribution is 2.25. The highest BCUT2D eigenvalue weighted by molar-refractivity contribution is 7.14. The van der Waals surface area contributed by atoms with Crippen molar-refractivity contribution in [2.45, 2.75) is 0 Å². The fourth-order valence-electron chi connectivity index (χ4n) is 2.27. The number of anilines is 2. The normalized spacial score (nSPS) is 10.1. The van der Waals surface area contributed by atoms with Crippen molar-refractivity contribution in [2.75, 3.05) is 24.3 Å². The van der Waals surface area contributed by atoms with Crippen molar-refractivity contribution in [3.63, 3.8) is 0 Å². The summed E-state index contributed by atoms with van der Waals surface area (Å²) in [7, 11) is 3.86. The first-order valence-electron chi connectivity index (χ1n) is 7.61. The van der Waals surface area contributed by atoms with Crippen molar-refractivity contribution in [1.29, 1.82) is 5.26 Å². The van der Waals surface area contributed by atoms with E-state index in [0.717, 1.165) is 16.9 Å². The molecule has 0 saturated carbocycles. The molecule has 0 bridgehead atoms. The van der Waals surface area contributed by atoms with Crippen LogP contribution in [0.2, 0.25) is 0 Å². The number of rotatable bonds is 4. The number of carbonyl (C=O) groups is 1. The summed E-state index contributed by atoms with van der Waals surface area (Å²) in [6.07, 6.45) is 0. The van der Waals surface area contributed by atoms with Gasteiger partial charge in [-0.15, -0.1) is 11.3 Å². The van der Waals surface area contributed by atoms with Gasteiger partial charge in [0.1, 0.15) is 0 Å². The summed E-state index contributed by atoms with van der Waals surface area (Å²) < 4.78 is 0. The van der Waals surface area contributed by atoms with Gasteiger partial charge in [0, 0.05) is 36.3 Å². The Hall–Kier alpha value is -3.17. The molecule has 0 spiro atoms. The van der Waals surface area contributed by atoms with E-state index in [-0.39, 0.29) is 5.91 Å². The third-order valence-corrected chi connectivity index (χ3v) is 4.42. The summed E-state index contributed by atoms with van der Waals surface area (Å²) in [4.78, 5) is 18.8. The molecule has 0 aliphatic carbocycles. The summed E-state index contributed by atoms with van der Waals surface area (Å²) in [5.74, 6) is -0.190. The van der Waals surface area contributed by atoms with Gasteiger partial charge in [-0.2, -0.15) is 5.26 Å². The number of nitrogens with one attached hydrogen (secondary N) is 1. The first kappa shape index (κ1) is 16.7. The SMILES string of the molecule is CN(C)c1cccc(C(=O)Nc2nc(-c3ccc(C#N)cc3)cs2)c1. The third kappa shape index (κ3) is 3.84. The molecule has 0 aliphatic heterocycles. The Morgan fingerprint density at radius 3 is 2.64 bits per heavy atom. The molecule has 124 valence electrons. The summed E-state index contributed by atoms with van der Waals surface area (Å²) in [5, 5.41) is 14.1. The van der Waals surface area contributed by atoms with Crippen LogP contribution in [0.5, 0.6) is 0 Å². The number of nitrogens with zero attached hydrogens (tertiary/aromatic N) is 3. The van der Waals surface area contributed by atoms with E-state index in [2.05, 4.69) is 16.4 Å². The van der Waals surface area contributed by atoms with E-state index < -0.39 is 0 Å². The Balaban J connectivity index is 1.75. The lowest BCUT2D eigenvalue weighted by Crippen LogP contribution is -2.14. The Morgan fingerprint density at radius 1 is 1.20 bits per heavy atom. The minimum absolute atomic E-state index is 0.190. The van der Waals surface area contributed by atoms with Gasteiger partial charge in [0.15, 0.2) is 5.13 Å². The standard InChI is InChI=1S/C19H16N4OS/c1-23(2)16-5-3-4-15(10-16)18(24)22-19-21-17(12-25-19)14-8-6-13(11-20)7-9-14/h3-10,12H,1-2H3,(H,21,22,24). The van der Waals surface area contributed by atoms with Gasteiger partial charge >= 0.3 is 0 Å². The van der Waals surface area contributed by atoms with Crippen molar-refractivity contribution < 1.29 is 4.79 Å². The van der Waals surface area contributed by atoms with Gasteiger partial charge in [-0.05, 0) is 30.3 Å². The van der Waals surface area contributed by atoms with Crippen LogP contribution in [-0.2, 0) is 0 Å². The van der Waals surface area contributed by atoms with Crippen LogP contribution < -0.4 is 10.2 Å². The quantitative estimate of drug-likeness (QED) is 0.774. The molecule has 1 aromatic heterocycles. The van der Waals surface area contributed by atoms with Gasteiger partial charge in [0.25, 0.3) is 5.91 Å². The Bertz CT molecular complexity index is 939. The zero-order valence-corrected chi connectivity index (χ0v) is 14.7. The molecular formula is C19H16N4OS. The zero-order valence-electron chi connectivity index (χ0n) is 13.9. The van der Waals surface area contributed by atoms with Gasteiger partial charge in [-0.1, -0.05) is 18.2 Å². The van der Waals surface area contributed by atoms with Gasteiger partial charge in [0.2, 0.25) is 0 Å². The third-order valence-electron chi connectivity index (χ3n) is 3.66.